The van der Waals surface area contributed by atoms with Crippen LogP contribution in [0.25, 0.3) is 0 Å². The third-order valence-corrected chi connectivity index (χ3v) is 3.51. The summed E-state index contributed by atoms with van der Waals surface area (Å²) in [6, 6.07) is 6.52. The Balaban J connectivity index is 2.55. The number of nitrogens with two attached hydrogens (primary N) is 1. The zero-order chi connectivity index (χ0) is 13.5. The Hall–Kier alpha value is -2.17. The maximum absolute atomic E-state index is 12.2. The molecule has 1 atom stereocenters. The van der Waals surface area contributed by atoms with Crippen LogP contribution in [-0.4, -0.2) is 28.2 Å². The van der Waals surface area contributed by atoms with E-state index in [1.807, 2.05) is 0 Å². The van der Waals surface area contributed by atoms with Crippen LogP contribution in [0.3, 0.4) is 0 Å². The molecule has 0 bridgehead atoms. The number of hydrogen-bond acceptors (Lipinski definition) is 3. The fraction of sp³-hybridized carbons (Fsp3) is 0.308. The molecule has 2 rings (SSSR count). The summed E-state index contributed by atoms with van der Waals surface area (Å²) in [4.78, 5) is 37.0. The molecule has 18 heavy (non-hydrogen) atoms. The Morgan fingerprint density at radius 1 is 1.22 bits per heavy atom. The molecule has 0 saturated heterocycles. The first-order valence-corrected chi connectivity index (χ1v) is 5.71. The van der Waals surface area contributed by atoms with Gasteiger partial charge in [-0.1, -0.05) is 19.1 Å². The number of nitrogens with zero attached hydrogens (tertiary/aromatic N) is 1. The van der Waals surface area contributed by atoms with E-state index in [0.717, 1.165) is 4.90 Å². The zero-order valence-electron chi connectivity index (χ0n) is 10.3. The van der Waals surface area contributed by atoms with Crippen molar-refractivity contribution in [3.8, 4) is 0 Å². The summed E-state index contributed by atoms with van der Waals surface area (Å²) in [6.45, 7) is 3.23. The number of hydrogen-bond donors (Lipinski definition) is 1. The maximum atomic E-state index is 12.2. The molecule has 1 aromatic carbocycles. The standard InChI is InChI=1S/C13H14N2O3/c1-3-13(2,12(14)18)15-10(16)8-6-4-5-7-9(8)11(15)17/h4-7H,3H2,1-2H3,(H2,14,18)/t13-/m0/s1. The molecule has 0 aromatic heterocycles. The number of amides is 3. The summed E-state index contributed by atoms with van der Waals surface area (Å²) in [6.07, 6.45) is 0.286. The highest BCUT2D eigenvalue weighted by molar-refractivity contribution is 6.23. The second-order valence-corrected chi connectivity index (χ2v) is 4.48. The van der Waals surface area contributed by atoms with E-state index in [2.05, 4.69) is 0 Å². The first-order valence-electron chi connectivity index (χ1n) is 5.71. The highest BCUT2D eigenvalue weighted by Gasteiger charge is 2.48. The third kappa shape index (κ3) is 1.44. The molecule has 2 N–H and O–H groups in total. The van der Waals surface area contributed by atoms with E-state index in [-0.39, 0.29) is 6.42 Å². The molecular formula is C13H14N2O3. The molecular weight excluding hydrogens is 232 g/mol. The zero-order valence-corrected chi connectivity index (χ0v) is 10.3. The van der Waals surface area contributed by atoms with Crippen molar-refractivity contribution in [2.24, 2.45) is 5.73 Å². The number of carbonyl (C=O) groups is 3. The average molecular weight is 246 g/mol. The van der Waals surface area contributed by atoms with Gasteiger partial charge in [0, 0.05) is 0 Å². The Morgan fingerprint density at radius 2 is 1.67 bits per heavy atom. The van der Waals surface area contributed by atoms with Crippen molar-refractivity contribution >= 4 is 17.7 Å². The van der Waals surface area contributed by atoms with Gasteiger partial charge in [-0.15, -0.1) is 0 Å². The van der Waals surface area contributed by atoms with Crippen molar-refractivity contribution in [1.82, 2.24) is 4.90 Å². The van der Waals surface area contributed by atoms with Crippen molar-refractivity contribution in [3.63, 3.8) is 0 Å². The molecule has 0 unspecified atom stereocenters. The van der Waals surface area contributed by atoms with Crippen LogP contribution >= 0.6 is 0 Å². The third-order valence-electron chi connectivity index (χ3n) is 3.51. The summed E-state index contributed by atoms with van der Waals surface area (Å²) < 4.78 is 0. The lowest BCUT2D eigenvalue weighted by molar-refractivity contribution is -0.126. The number of benzene rings is 1. The predicted octanol–water partition coefficient (Wildman–Crippen LogP) is 0.937. The summed E-state index contributed by atoms with van der Waals surface area (Å²) in [5.74, 6) is -1.60. The van der Waals surface area contributed by atoms with Gasteiger partial charge in [-0.25, -0.2) is 0 Å². The molecule has 5 nitrogen and oxygen atoms in total. The normalized spacial score (nSPS) is 17.6. The van der Waals surface area contributed by atoms with Crippen molar-refractivity contribution in [1.29, 1.82) is 0 Å². The van der Waals surface area contributed by atoms with Crippen LogP contribution in [0.1, 0.15) is 41.0 Å². The van der Waals surface area contributed by atoms with Gasteiger partial charge in [0.1, 0.15) is 5.54 Å². The van der Waals surface area contributed by atoms with Crippen LogP contribution in [-0.2, 0) is 4.79 Å². The molecule has 0 saturated carbocycles. The molecule has 1 aliphatic rings. The molecule has 5 heteroatoms. The summed E-state index contributed by atoms with van der Waals surface area (Å²) >= 11 is 0. The van der Waals surface area contributed by atoms with E-state index in [0.29, 0.717) is 11.1 Å². The van der Waals surface area contributed by atoms with Crippen molar-refractivity contribution in [2.75, 3.05) is 0 Å². The van der Waals surface area contributed by atoms with Gasteiger partial charge in [0.2, 0.25) is 5.91 Å². The molecule has 94 valence electrons. The minimum atomic E-state index is -1.28. The largest absolute Gasteiger partial charge is 0.368 e. The fourth-order valence-corrected chi connectivity index (χ4v) is 2.08. The Labute approximate surface area is 105 Å². The maximum Gasteiger partial charge on any atom is 0.262 e. The number of imide groups is 1. The van der Waals surface area contributed by atoms with Crippen LogP contribution in [0.15, 0.2) is 24.3 Å². The quantitative estimate of drug-likeness (QED) is 0.806. The number of carbonyl (C=O) groups excluding carboxylic acids is 3. The SMILES string of the molecule is CC[C@@](C)(C(N)=O)N1C(=O)c2ccccc2C1=O. The first kappa shape index (κ1) is 12.3. The summed E-state index contributed by atoms with van der Waals surface area (Å²) in [5, 5.41) is 0. The van der Waals surface area contributed by atoms with Crippen LogP contribution < -0.4 is 5.73 Å². The lowest BCUT2D eigenvalue weighted by Crippen LogP contribution is -2.57. The molecule has 0 fully saturated rings. The van der Waals surface area contributed by atoms with Crippen molar-refractivity contribution in [2.45, 2.75) is 25.8 Å². The van der Waals surface area contributed by atoms with E-state index in [4.69, 9.17) is 5.73 Å². The number of primary amides is 1. The average Bonchev–Trinajstić information content (AvgIpc) is 2.62. The topological polar surface area (TPSA) is 80.5 Å². The second kappa shape index (κ2) is 3.94. The first-order chi connectivity index (χ1) is 8.43. The number of rotatable bonds is 3. The molecule has 3 amide bonds. The van der Waals surface area contributed by atoms with Gasteiger partial charge in [0.15, 0.2) is 0 Å². The molecule has 0 radical (unpaired) electrons. The van der Waals surface area contributed by atoms with Crippen molar-refractivity contribution < 1.29 is 14.4 Å². The van der Waals surface area contributed by atoms with Gasteiger partial charge in [0.25, 0.3) is 11.8 Å². The Morgan fingerprint density at radius 3 is 2.00 bits per heavy atom. The monoisotopic (exact) mass is 246 g/mol. The minimum Gasteiger partial charge on any atom is -0.368 e. The Bertz CT molecular complexity index is 518. The van der Waals surface area contributed by atoms with Crippen LogP contribution in [0.5, 0.6) is 0 Å². The molecule has 1 aliphatic heterocycles. The highest BCUT2D eigenvalue weighted by Crippen LogP contribution is 2.31. The lowest BCUT2D eigenvalue weighted by atomic mass is 9.95. The van der Waals surface area contributed by atoms with E-state index >= 15 is 0 Å². The van der Waals surface area contributed by atoms with Gasteiger partial charge in [-0.05, 0) is 25.5 Å². The van der Waals surface area contributed by atoms with E-state index in [1.165, 1.54) is 6.92 Å². The Kier molecular flexibility index (Phi) is 2.69. The molecule has 1 aromatic rings. The highest BCUT2D eigenvalue weighted by atomic mass is 16.2. The van der Waals surface area contributed by atoms with Gasteiger partial charge < -0.3 is 5.73 Å². The predicted molar refractivity (Wildman–Crippen MR) is 64.8 cm³/mol. The smallest absolute Gasteiger partial charge is 0.262 e. The van der Waals surface area contributed by atoms with Gasteiger partial charge in [0.05, 0.1) is 11.1 Å². The lowest BCUT2D eigenvalue weighted by Gasteiger charge is -2.33. The van der Waals surface area contributed by atoms with E-state index < -0.39 is 23.3 Å². The molecule has 0 spiro atoms. The van der Waals surface area contributed by atoms with Gasteiger partial charge in [-0.2, -0.15) is 0 Å². The summed E-state index contributed by atoms with van der Waals surface area (Å²) in [7, 11) is 0. The van der Waals surface area contributed by atoms with Crippen LogP contribution in [0.4, 0.5) is 0 Å². The molecule has 0 aliphatic carbocycles. The van der Waals surface area contributed by atoms with Crippen LogP contribution in [0, 0.1) is 0 Å². The van der Waals surface area contributed by atoms with Crippen molar-refractivity contribution in [3.05, 3.63) is 35.4 Å². The van der Waals surface area contributed by atoms with Gasteiger partial charge >= 0.3 is 0 Å². The summed E-state index contributed by atoms with van der Waals surface area (Å²) in [5.41, 5.74) is 4.70. The minimum absolute atomic E-state index is 0.286. The van der Waals surface area contributed by atoms with E-state index in [1.54, 1.807) is 31.2 Å². The molecule has 1 heterocycles. The number of fused-ring (bicyclic) bond motifs is 1. The second-order valence-electron chi connectivity index (χ2n) is 4.48. The van der Waals surface area contributed by atoms with Crippen LogP contribution in [0.2, 0.25) is 0 Å². The van der Waals surface area contributed by atoms with E-state index in [9.17, 15) is 14.4 Å². The van der Waals surface area contributed by atoms with Gasteiger partial charge in [-0.3, -0.25) is 19.3 Å². The fourth-order valence-electron chi connectivity index (χ4n) is 2.08.